The Morgan fingerprint density at radius 3 is 3.05 bits per heavy atom. The Labute approximate surface area is 129 Å². The molecule has 2 aromatic rings. The zero-order chi connectivity index (χ0) is 14.9. The molecule has 0 saturated heterocycles. The van der Waals surface area contributed by atoms with Crippen molar-refractivity contribution in [3.63, 3.8) is 0 Å². The van der Waals surface area contributed by atoms with Crippen LogP contribution in [0.1, 0.15) is 40.0 Å². The molecule has 1 saturated carbocycles. The van der Waals surface area contributed by atoms with Gasteiger partial charge in [0, 0.05) is 11.3 Å². The summed E-state index contributed by atoms with van der Waals surface area (Å²) in [6.45, 7) is 8.03. The summed E-state index contributed by atoms with van der Waals surface area (Å²) in [4.78, 5) is 16.0. The van der Waals surface area contributed by atoms with Gasteiger partial charge in [0.05, 0.1) is 6.33 Å². The molecular formula is C15H23N5S. The number of nitrogens with zero attached hydrogens (tertiary/aromatic N) is 3. The van der Waals surface area contributed by atoms with E-state index in [-0.39, 0.29) is 0 Å². The number of H-pyrrole nitrogens is 1. The Balaban J connectivity index is 1.81. The molecule has 2 aromatic heterocycles. The molecule has 2 unspecified atom stereocenters. The van der Waals surface area contributed by atoms with E-state index in [1.807, 2.05) is 11.8 Å². The molecular weight excluding hydrogens is 282 g/mol. The summed E-state index contributed by atoms with van der Waals surface area (Å²) in [6.07, 6.45) is 6.94. The van der Waals surface area contributed by atoms with Gasteiger partial charge in [-0.15, -0.1) is 0 Å². The molecule has 0 spiro atoms. The van der Waals surface area contributed by atoms with Crippen molar-refractivity contribution in [3.05, 3.63) is 12.7 Å². The number of fused-ring (bicyclic) bond motifs is 1. The normalized spacial score (nSPS) is 24.7. The quantitative estimate of drug-likeness (QED) is 0.831. The highest BCUT2D eigenvalue weighted by Gasteiger charge is 2.42. The summed E-state index contributed by atoms with van der Waals surface area (Å²) >= 11 is 1.86. The lowest BCUT2D eigenvalue weighted by atomic mass is 9.87. The molecule has 2 atom stereocenters. The predicted molar refractivity (Wildman–Crippen MR) is 86.4 cm³/mol. The fourth-order valence-electron chi connectivity index (χ4n) is 3.15. The van der Waals surface area contributed by atoms with Crippen molar-refractivity contribution in [3.8, 4) is 0 Å². The number of nitrogens with one attached hydrogen (secondary N) is 2. The maximum absolute atomic E-state index is 4.46. The van der Waals surface area contributed by atoms with E-state index in [4.69, 9.17) is 0 Å². The second-order valence-corrected chi connectivity index (χ2v) is 7.62. The zero-order valence-corrected chi connectivity index (χ0v) is 13.7. The van der Waals surface area contributed by atoms with Crippen LogP contribution in [-0.4, -0.2) is 37.8 Å². The average Bonchev–Trinajstić information content (AvgIpc) is 3.03. The maximum atomic E-state index is 4.46. The molecule has 2 N–H and O–H groups in total. The van der Waals surface area contributed by atoms with Crippen molar-refractivity contribution in [1.29, 1.82) is 0 Å². The van der Waals surface area contributed by atoms with Gasteiger partial charge in [-0.3, -0.25) is 0 Å². The van der Waals surface area contributed by atoms with Crippen LogP contribution in [0.3, 0.4) is 0 Å². The van der Waals surface area contributed by atoms with Crippen molar-refractivity contribution in [1.82, 2.24) is 25.3 Å². The fourth-order valence-corrected chi connectivity index (χ4v) is 4.65. The zero-order valence-electron chi connectivity index (χ0n) is 12.9. The molecule has 0 bridgehead atoms. The van der Waals surface area contributed by atoms with Gasteiger partial charge in [0.1, 0.15) is 16.9 Å². The highest BCUT2D eigenvalue weighted by Crippen LogP contribution is 2.45. The van der Waals surface area contributed by atoms with Gasteiger partial charge in [-0.05, 0) is 31.2 Å². The van der Waals surface area contributed by atoms with Crippen molar-refractivity contribution >= 4 is 22.9 Å². The number of imidazole rings is 1. The molecule has 114 valence electrons. The van der Waals surface area contributed by atoms with Gasteiger partial charge in [-0.2, -0.15) is 0 Å². The monoisotopic (exact) mass is 305 g/mol. The Morgan fingerprint density at radius 2 is 2.24 bits per heavy atom. The van der Waals surface area contributed by atoms with Gasteiger partial charge >= 0.3 is 0 Å². The van der Waals surface area contributed by atoms with Gasteiger partial charge in [-0.25, -0.2) is 15.0 Å². The standard InChI is InChI=1S/C15H23N5S/c1-4-7-16-12-10(5-6-15(12,2)3)21-14-11-13(18-8-17-11)19-9-20-14/h8-10,12,16H,4-7H2,1-3H3,(H,17,18,19,20). The SMILES string of the molecule is CCCNC1C(Sc2ncnc3nc[nH]c23)CCC1(C)C. The van der Waals surface area contributed by atoms with Crippen molar-refractivity contribution in [2.24, 2.45) is 5.41 Å². The average molecular weight is 305 g/mol. The van der Waals surface area contributed by atoms with Crippen LogP contribution in [0.25, 0.3) is 11.2 Å². The minimum atomic E-state index is 0.340. The van der Waals surface area contributed by atoms with Crippen LogP contribution in [0.2, 0.25) is 0 Å². The second kappa shape index (κ2) is 5.93. The minimum Gasteiger partial charge on any atom is -0.341 e. The van der Waals surface area contributed by atoms with Crippen LogP contribution < -0.4 is 5.32 Å². The van der Waals surface area contributed by atoms with Gasteiger partial charge in [0.15, 0.2) is 5.65 Å². The maximum Gasteiger partial charge on any atom is 0.181 e. The number of rotatable bonds is 5. The summed E-state index contributed by atoms with van der Waals surface area (Å²) in [5.74, 6) is 0. The molecule has 21 heavy (non-hydrogen) atoms. The first-order valence-corrected chi connectivity index (χ1v) is 8.54. The first-order valence-electron chi connectivity index (χ1n) is 7.66. The molecule has 0 amide bonds. The molecule has 0 aliphatic heterocycles. The lowest BCUT2D eigenvalue weighted by molar-refractivity contribution is 0.287. The van der Waals surface area contributed by atoms with Crippen molar-refractivity contribution in [2.45, 2.75) is 56.4 Å². The Bertz CT molecular complexity index is 609. The molecule has 1 aliphatic rings. The van der Waals surface area contributed by atoms with E-state index in [0.717, 1.165) is 22.7 Å². The van der Waals surface area contributed by atoms with Crippen LogP contribution >= 0.6 is 11.8 Å². The van der Waals surface area contributed by atoms with E-state index in [9.17, 15) is 0 Å². The van der Waals surface area contributed by atoms with Crippen LogP contribution in [-0.2, 0) is 0 Å². The summed E-state index contributed by atoms with van der Waals surface area (Å²) in [5, 5.41) is 5.31. The van der Waals surface area contributed by atoms with E-state index in [0.29, 0.717) is 16.7 Å². The van der Waals surface area contributed by atoms with E-state index in [2.05, 4.69) is 46.0 Å². The summed E-state index contributed by atoms with van der Waals surface area (Å²) in [7, 11) is 0. The van der Waals surface area contributed by atoms with Crippen LogP contribution in [0.15, 0.2) is 17.7 Å². The molecule has 0 aromatic carbocycles. The smallest absolute Gasteiger partial charge is 0.181 e. The van der Waals surface area contributed by atoms with Crippen molar-refractivity contribution in [2.75, 3.05) is 6.54 Å². The van der Waals surface area contributed by atoms with E-state index < -0.39 is 0 Å². The predicted octanol–water partition coefficient (Wildman–Crippen LogP) is 3.00. The third-order valence-corrected chi connectivity index (χ3v) is 5.70. The third-order valence-electron chi connectivity index (χ3n) is 4.35. The summed E-state index contributed by atoms with van der Waals surface area (Å²) < 4.78 is 0. The Kier molecular flexibility index (Phi) is 4.17. The number of aromatic nitrogens is 4. The minimum absolute atomic E-state index is 0.340. The van der Waals surface area contributed by atoms with Crippen LogP contribution in [0.4, 0.5) is 0 Å². The van der Waals surface area contributed by atoms with Crippen molar-refractivity contribution < 1.29 is 0 Å². The van der Waals surface area contributed by atoms with E-state index in [1.165, 1.54) is 19.3 Å². The van der Waals surface area contributed by atoms with Crippen LogP contribution in [0.5, 0.6) is 0 Å². The van der Waals surface area contributed by atoms with Gasteiger partial charge in [0.2, 0.25) is 0 Å². The molecule has 0 radical (unpaired) electrons. The molecule has 3 rings (SSSR count). The van der Waals surface area contributed by atoms with Crippen LogP contribution in [0, 0.1) is 5.41 Å². The van der Waals surface area contributed by atoms with E-state index >= 15 is 0 Å². The highest BCUT2D eigenvalue weighted by molar-refractivity contribution is 8.00. The van der Waals surface area contributed by atoms with Gasteiger partial charge in [0.25, 0.3) is 0 Å². The second-order valence-electron chi connectivity index (χ2n) is 6.40. The fraction of sp³-hybridized carbons (Fsp3) is 0.667. The highest BCUT2D eigenvalue weighted by atomic mass is 32.2. The van der Waals surface area contributed by atoms with Gasteiger partial charge in [-0.1, -0.05) is 32.5 Å². The summed E-state index contributed by atoms with van der Waals surface area (Å²) in [5.41, 5.74) is 2.05. The topological polar surface area (TPSA) is 66.5 Å². The lowest BCUT2D eigenvalue weighted by Crippen LogP contribution is -2.43. The lowest BCUT2D eigenvalue weighted by Gasteiger charge is -2.31. The first kappa shape index (κ1) is 14.8. The van der Waals surface area contributed by atoms with Gasteiger partial charge < -0.3 is 10.3 Å². The Hall–Kier alpha value is -1.14. The third kappa shape index (κ3) is 2.92. The number of aromatic amines is 1. The summed E-state index contributed by atoms with van der Waals surface area (Å²) in [6, 6.07) is 0.524. The molecule has 1 aliphatic carbocycles. The Morgan fingerprint density at radius 1 is 1.38 bits per heavy atom. The molecule has 1 fully saturated rings. The molecule has 5 nitrogen and oxygen atoms in total. The first-order chi connectivity index (χ1) is 10.1. The number of hydrogen-bond donors (Lipinski definition) is 2. The number of thioether (sulfide) groups is 1. The molecule has 6 heteroatoms. The van der Waals surface area contributed by atoms with E-state index in [1.54, 1.807) is 12.7 Å². The largest absolute Gasteiger partial charge is 0.341 e. The molecule has 2 heterocycles. The number of hydrogen-bond acceptors (Lipinski definition) is 5.